The molecule has 13 heteroatoms. The number of benzene rings is 1. The number of nitrogens with one attached hydrogen (secondary N) is 2. The summed E-state index contributed by atoms with van der Waals surface area (Å²) in [7, 11) is -2.36. The molecule has 3 aliphatic rings. The van der Waals surface area contributed by atoms with E-state index < -0.39 is 27.6 Å². The second-order valence-corrected chi connectivity index (χ2v) is 12.9. The molecule has 218 valence electrons. The molecular weight excluding hydrogens is 554 g/mol. The highest BCUT2D eigenvalue weighted by Crippen LogP contribution is 2.55. The highest BCUT2D eigenvalue weighted by atomic mass is 32.2. The van der Waals surface area contributed by atoms with Gasteiger partial charge in [-0.2, -0.15) is 12.7 Å². The minimum Gasteiger partial charge on any atom is -0.475 e. The number of anilines is 2. The first-order chi connectivity index (χ1) is 19.5. The number of ether oxygens (including phenoxy) is 1. The molecule has 0 bridgehead atoms. The maximum Gasteiger partial charge on any atom is 0.302 e. The number of hydrogen-bond donors (Lipinski definition) is 2. The molecule has 1 amide bonds. The summed E-state index contributed by atoms with van der Waals surface area (Å²) in [6, 6.07) is 4.68. The quantitative estimate of drug-likeness (QED) is 0.369. The molecule has 1 aliphatic carbocycles. The summed E-state index contributed by atoms with van der Waals surface area (Å²) in [4.78, 5) is 23.6. The van der Waals surface area contributed by atoms with Crippen LogP contribution in [0.25, 0.3) is 22.0 Å². The van der Waals surface area contributed by atoms with Crippen LogP contribution in [0, 0.1) is 5.82 Å². The third-order valence-electron chi connectivity index (χ3n) is 8.14. The zero-order valence-electron chi connectivity index (χ0n) is 23.1. The van der Waals surface area contributed by atoms with Gasteiger partial charge in [-0.3, -0.25) is 14.5 Å². The molecule has 1 saturated heterocycles. The summed E-state index contributed by atoms with van der Waals surface area (Å²) in [6.45, 7) is 4.19. The maximum atomic E-state index is 15.6. The van der Waals surface area contributed by atoms with Crippen LogP contribution in [0.15, 0.2) is 30.6 Å². The van der Waals surface area contributed by atoms with E-state index in [-0.39, 0.29) is 48.8 Å². The molecule has 2 fully saturated rings. The normalized spacial score (nSPS) is 18.6. The van der Waals surface area contributed by atoms with Crippen molar-refractivity contribution < 1.29 is 26.7 Å². The molecule has 0 unspecified atom stereocenters. The van der Waals surface area contributed by atoms with Crippen molar-refractivity contribution in [3.8, 4) is 17.0 Å². The topological polar surface area (TPSA) is 117 Å². The Hall–Kier alpha value is -3.42. The van der Waals surface area contributed by atoms with E-state index in [0.29, 0.717) is 28.7 Å². The van der Waals surface area contributed by atoms with E-state index in [1.54, 1.807) is 24.2 Å². The minimum absolute atomic E-state index is 0.00985. The average Bonchev–Trinajstić information content (AvgIpc) is 3.11. The Labute approximate surface area is 237 Å². The van der Waals surface area contributed by atoms with E-state index in [1.165, 1.54) is 18.3 Å². The standard InChI is InChI=1S/C28H32F2N6O4S/c1-16(2)31-7-8-40-26-23(34-41(38,39)36-14-18(29)15-36)9-17(12-33-26)19-10-20-22(11-21(19)30)32-13-24-25(20)28(5-4-6-28)27(37)35(24)3/h9-13,16,18,31,34H,4-8,14-15H2,1-3H3. The van der Waals surface area contributed by atoms with Gasteiger partial charge in [0, 0.05) is 67.1 Å². The number of halogens is 2. The molecule has 3 aromatic rings. The summed E-state index contributed by atoms with van der Waals surface area (Å²) in [5, 5.41) is 3.88. The van der Waals surface area contributed by atoms with Crippen LogP contribution in [0.1, 0.15) is 38.7 Å². The molecule has 1 saturated carbocycles. The van der Waals surface area contributed by atoms with Crippen molar-refractivity contribution in [2.75, 3.05) is 42.9 Å². The number of amides is 1. The van der Waals surface area contributed by atoms with Gasteiger partial charge in [0.1, 0.15) is 24.3 Å². The number of rotatable bonds is 9. The molecule has 2 aliphatic heterocycles. The SMILES string of the molecule is CC(C)NCCOc1ncc(-c2cc3c4c(cnc3cc2F)N(C)C(=O)C42CCC2)cc1NS(=O)(=O)N1CC(F)C1. The van der Waals surface area contributed by atoms with Gasteiger partial charge in [-0.1, -0.05) is 20.3 Å². The predicted molar refractivity (Wildman–Crippen MR) is 152 cm³/mol. The highest BCUT2D eigenvalue weighted by Gasteiger charge is 2.54. The van der Waals surface area contributed by atoms with E-state index >= 15 is 4.39 Å². The molecule has 1 spiro atoms. The van der Waals surface area contributed by atoms with Crippen molar-refractivity contribution >= 4 is 38.4 Å². The fraction of sp³-hybridized carbons (Fsp3) is 0.464. The van der Waals surface area contributed by atoms with Crippen molar-refractivity contribution in [2.24, 2.45) is 0 Å². The number of aromatic nitrogens is 2. The van der Waals surface area contributed by atoms with Crippen LogP contribution in [0.2, 0.25) is 0 Å². The van der Waals surface area contributed by atoms with Gasteiger partial charge in [0.2, 0.25) is 11.8 Å². The lowest BCUT2D eigenvalue weighted by atomic mass is 9.64. The Morgan fingerprint density at radius 3 is 2.59 bits per heavy atom. The van der Waals surface area contributed by atoms with Crippen molar-refractivity contribution in [3.63, 3.8) is 0 Å². The fourth-order valence-electron chi connectivity index (χ4n) is 5.78. The summed E-state index contributed by atoms with van der Waals surface area (Å²) >= 11 is 0. The van der Waals surface area contributed by atoms with Gasteiger partial charge >= 0.3 is 10.2 Å². The molecule has 6 rings (SSSR count). The van der Waals surface area contributed by atoms with Crippen molar-refractivity contribution in [3.05, 3.63) is 42.0 Å². The molecule has 1 aromatic carbocycles. The molecule has 10 nitrogen and oxygen atoms in total. The second kappa shape index (κ2) is 10.1. The van der Waals surface area contributed by atoms with Gasteiger partial charge in [-0.15, -0.1) is 0 Å². The lowest BCUT2D eigenvalue weighted by Crippen LogP contribution is -2.53. The summed E-state index contributed by atoms with van der Waals surface area (Å²) in [6.07, 6.45) is 4.18. The Bertz CT molecular complexity index is 1640. The van der Waals surface area contributed by atoms with Crippen LogP contribution >= 0.6 is 0 Å². The van der Waals surface area contributed by atoms with Gasteiger partial charge in [-0.05, 0) is 25.0 Å². The van der Waals surface area contributed by atoms with Crippen molar-refractivity contribution in [1.82, 2.24) is 19.6 Å². The molecular formula is C28H32F2N6O4S. The van der Waals surface area contributed by atoms with Crippen LogP contribution in [0.4, 0.5) is 20.2 Å². The third kappa shape index (κ3) is 4.69. The molecule has 0 radical (unpaired) electrons. The van der Waals surface area contributed by atoms with E-state index in [9.17, 15) is 17.6 Å². The maximum absolute atomic E-state index is 15.6. The van der Waals surface area contributed by atoms with E-state index in [2.05, 4.69) is 20.0 Å². The highest BCUT2D eigenvalue weighted by molar-refractivity contribution is 7.90. The Morgan fingerprint density at radius 2 is 1.93 bits per heavy atom. The van der Waals surface area contributed by atoms with Crippen LogP contribution in [0.5, 0.6) is 5.88 Å². The second-order valence-electron chi connectivity index (χ2n) is 11.2. The van der Waals surface area contributed by atoms with Crippen LogP contribution in [0.3, 0.4) is 0 Å². The third-order valence-corrected chi connectivity index (χ3v) is 9.59. The first kappa shape index (κ1) is 27.7. The van der Waals surface area contributed by atoms with Gasteiger partial charge in [0.15, 0.2) is 0 Å². The van der Waals surface area contributed by atoms with Gasteiger partial charge in [0.05, 0.1) is 22.8 Å². The zero-order valence-corrected chi connectivity index (χ0v) is 23.9. The van der Waals surface area contributed by atoms with Gasteiger partial charge < -0.3 is 15.0 Å². The van der Waals surface area contributed by atoms with Gasteiger partial charge in [0.25, 0.3) is 0 Å². The monoisotopic (exact) mass is 586 g/mol. The van der Waals surface area contributed by atoms with E-state index in [0.717, 1.165) is 29.1 Å². The Balaban J connectivity index is 1.41. The average molecular weight is 587 g/mol. The summed E-state index contributed by atoms with van der Waals surface area (Å²) < 4.78 is 64.0. The molecule has 41 heavy (non-hydrogen) atoms. The zero-order chi connectivity index (χ0) is 29.1. The minimum atomic E-state index is -4.09. The molecule has 2 N–H and O–H groups in total. The van der Waals surface area contributed by atoms with Crippen LogP contribution in [-0.4, -0.2) is 74.1 Å². The smallest absolute Gasteiger partial charge is 0.302 e. The lowest BCUT2D eigenvalue weighted by Gasteiger charge is -2.37. The lowest BCUT2D eigenvalue weighted by molar-refractivity contribution is -0.125. The molecule has 0 atom stereocenters. The Kier molecular flexibility index (Phi) is 6.86. The Morgan fingerprint density at radius 1 is 1.17 bits per heavy atom. The summed E-state index contributed by atoms with van der Waals surface area (Å²) in [5.41, 5.74) is 1.86. The van der Waals surface area contributed by atoms with Crippen LogP contribution in [-0.2, 0) is 20.4 Å². The largest absolute Gasteiger partial charge is 0.475 e. The number of hydrogen-bond acceptors (Lipinski definition) is 7. The van der Waals surface area contributed by atoms with E-state index in [4.69, 9.17) is 4.74 Å². The molecule has 2 aromatic heterocycles. The number of carbonyl (C=O) groups is 1. The number of alkyl halides is 1. The van der Waals surface area contributed by atoms with Gasteiger partial charge in [-0.25, -0.2) is 13.8 Å². The number of fused-ring (bicyclic) bond motifs is 4. The predicted octanol–water partition coefficient (Wildman–Crippen LogP) is 3.52. The van der Waals surface area contributed by atoms with Crippen molar-refractivity contribution in [2.45, 2.75) is 50.7 Å². The number of likely N-dealkylation sites (N-methyl/N-ethyl adjacent to an activating group) is 1. The first-order valence-corrected chi connectivity index (χ1v) is 15.1. The molecule has 4 heterocycles. The van der Waals surface area contributed by atoms with Crippen molar-refractivity contribution in [1.29, 1.82) is 0 Å². The summed E-state index contributed by atoms with van der Waals surface area (Å²) in [5.74, 6) is -0.532. The van der Waals surface area contributed by atoms with E-state index in [1.807, 2.05) is 13.8 Å². The number of nitrogens with zero attached hydrogens (tertiary/aromatic N) is 4. The number of carbonyl (C=O) groups excluding carboxylic acids is 1. The first-order valence-electron chi connectivity index (χ1n) is 13.7. The van der Waals surface area contributed by atoms with Crippen LogP contribution < -0.4 is 19.7 Å². The fourth-order valence-corrected chi connectivity index (χ4v) is 7.05. The number of pyridine rings is 2.